The molecular formula is C16H24ClN3O2. The Balaban J connectivity index is 2.09. The molecule has 1 fully saturated rings. The van der Waals surface area contributed by atoms with E-state index < -0.39 is 0 Å². The van der Waals surface area contributed by atoms with Gasteiger partial charge in [-0.25, -0.2) is 4.79 Å². The Morgan fingerprint density at radius 1 is 1.50 bits per heavy atom. The molecule has 5 nitrogen and oxygen atoms in total. The highest BCUT2D eigenvalue weighted by atomic mass is 35.5. The lowest BCUT2D eigenvalue weighted by Crippen LogP contribution is -2.51. The smallest absolute Gasteiger partial charge is 0.322 e. The van der Waals surface area contributed by atoms with E-state index in [9.17, 15) is 9.90 Å². The van der Waals surface area contributed by atoms with Crippen LogP contribution in [-0.2, 0) is 0 Å². The number of anilines is 2. The van der Waals surface area contributed by atoms with Crippen LogP contribution < -0.4 is 10.2 Å². The van der Waals surface area contributed by atoms with Crippen molar-refractivity contribution in [2.75, 3.05) is 37.5 Å². The van der Waals surface area contributed by atoms with Gasteiger partial charge in [0.1, 0.15) is 0 Å². The number of aliphatic hydroxyl groups excluding tert-OH is 1. The lowest BCUT2D eigenvalue weighted by atomic mass is 9.91. The van der Waals surface area contributed by atoms with Crippen molar-refractivity contribution in [3.63, 3.8) is 0 Å². The number of nitrogens with one attached hydrogen (secondary N) is 1. The number of hydrogen-bond donors (Lipinski definition) is 2. The van der Waals surface area contributed by atoms with Gasteiger partial charge in [-0.2, -0.15) is 0 Å². The molecule has 0 aliphatic carbocycles. The number of likely N-dealkylation sites (tertiary alicyclic amines) is 1. The molecule has 1 aliphatic rings. The summed E-state index contributed by atoms with van der Waals surface area (Å²) < 4.78 is 0. The second kappa shape index (κ2) is 7.20. The highest BCUT2D eigenvalue weighted by Crippen LogP contribution is 2.28. The maximum absolute atomic E-state index is 12.5. The Bertz CT molecular complexity index is 536. The SMILES string of the molecule is CC1CCCN(C(=O)Nc2ccc(N(C)C)c(Cl)c2)C1CO. The van der Waals surface area contributed by atoms with Crippen LogP contribution in [0.3, 0.4) is 0 Å². The maximum Gasteiger partial charge on any atom is 0.322 e. The van der Waals surface area contributed by atoms with Crippen LogP contribution in [0.15, 0.2) is 18.2 Å². The molecule has 0 aromatic heterocycles. The van der Waals surface area contributed by atoms with E-state index >= 15 is 0 Å². The van der Waals surface area contributed by atoms with Gasteiger partial charge in [-0.05, 0) is 37.0 Å². The van der Waals surface area contributed by atoms with Gasteiger partial charge in [0.15, 0.2) is 0 Å². The fourth-order valence-corrected chi connectivity index (χ4v) is 3.27. The van der Waals surface area contributed by atoms with E-state index in [2.05, 4.69) is 12.2 Å². The van der Waals surface area contributed by atoms with Crippen molar-refractivity contribution in [1.29, 1.82) is 0 Å². The van der Waals surface area contributed by atoms with E-state index in [4.69, 9.17) is 11.6 Å². The largest absolute Gasteiger partial charge is 0.394 e. The Morgan fingerprint density at radius 2 is 2.23 bits per heavy atom. The van der Waals surface area contributed by atoms with Crippen LogP contribution in [0.4, 0.5) is 16.2 Å². The molecule has 1 heterocycles. The molecule has 1 aliphatic heterocycles. The zero-order chi connectivity index (χ0) is 16.3. The highest BCUT2D eigenvalue weighted by Gasteiger charge is 2.31. The van der Waals surface area contributed by atoms with Crippen molar-refractivity contribution in [3.05, 3.63) is 23.2 Å². The standard InChI is InChI=1S/C16H24ClN3O2/c1-11-5-4-8-20(15(11)10-21)16(22)18-12-6-7-14(19(2)3)13(17)9-12/h6-7,9,11,15,21H,4-5,8,10H2,1-3H3,(H,18,22). The third kappa shape index (κ3) is 3.65. The minimum Gasteiger partial charge on any atom is -0.394 e. The van der Waals surface area contributed by atoms with Crippen LogP contribution in [-0.4, -0.2) is 49.3 Å². The van der Waals surface area contributed by atoms with Gasteiger partial charge in [-0.1, -0.05) is 18.5 Å². The number of carbonyl (C=O) groups excluding carboxylic acids is 1. The summed E-state index contributed by atoms with van der Waals surface area (Å²) in [6.07, 6.45) is 2.00. The monoisotopic (exact) mass is 325 g/mol. The number of benzene rings is 1. The van der Waals surface area contributed by atoms with E-state index in [-0.39, 0.29) is 18.7 Å². The molecule has 1 aromatic rings. The summed E-state index contributed by atoms with van der Waals surface area (Å²) >= 11 is 6.23. The third-order valence-electron chi connectivity index (χ3n) is 4.24. The van der Waals surface area contributed by atoms with Crippen molar-refractivity contribution in [2.24, 2.45) is 5.92 Å². The number of rotatable bonds is 3. The zero-order valence-corrected chi connectivity index (χ0v) is 14.1. The first-order valence-corrected chi connectivity index (χ1v) is 7.97. The van der Waals surface area contributed by atoms with Gasteiger partial charge in [0, 0.05) is 26.3 Å². The van der Waals surface area contributed by atoms with E-state index in [0.717, 1.165) is 18.5 Å². The molecule has 6 heteroatoms. The van der Waals surface area contributed by atoms with Crippen LogP contribution in [0, 0.1) is 5.92 Å². The second-order valence-electron chi connectivity index (χ2n) is 6.05. The predicted octanol–water partition coefficient (Wildman–Crippen LogP) is 3.03. The van der Waals surface area contributed by atoms with E-state index in [1.165, 1.54) is 0 Å². The van der Waals surface area contributed by atoms with E-state index in [1.807, 2.05) is 31.1 Å². The fourth-order valence-electron chi connectivity index (χ4n) is 2.92. The van der Waals surface area contributed by atoms with Crippen LogP contribution in [0.2, 0.25) is 5.02 Å². The van der Waals surface area contributed by atoms with Gasteiger partial charge < -0.3 is 20.2 Å². The number of hydrogen-bond acceptors (Lipinski definition) is 3. The van der Waals surface area contributed by atoms with Gasteiger partial charge in [0.25, 0.3) is 0 Å². The summed E-state index contributed by atoms with van der Waals surface area (Å²) in [4.78, 5) is 16.1. The van der Waals surface area contributed by atoms with Crippen molar-refractivity contribution >= 4 is 29.0 Å². The number of carbonyl (C=O) groups is 1. The van der Waals surface area contributed by atoms with Crippen LogP contribution >= 0.6 is 11.6 Å². The number of amides is 2. The molecule has 0 spiro atoms. The number of halogens is 1. The minimum atomic E-state index is -0.181. The molecule has 122 valence electrons. The number of urea groups is 1. The fraction of sp³-hybridized carbons (Fsp3) is 0.562. The predicted molar refractivity (Wildman–Crippen MR) is 90.8 cm³/mol. The third-order valence-corrected chi connectivity index (χ3v) is 4.55. The number of nitrogens with zero attached hydrogens (tertiary/aromatic N) is 2. The van der Waals surface area contributed by atoms with Crippen molar-refractivity contribution < 1.29 is 9.90 Å². The zero-order valence-electron chi connectivity index (χ0n) is 13.3. The Hall–Kier alpha value is -1.46. The molecule has 0 saturated carbocycles. The molecule has 0 radical (unpaired) electrons. The first-order valence-electron chi connectivity index (χ1n) is 7.59. The molecular weight excluding hydrogens is 302 g/mol. The van der Waals surface area contributed by atoms with E-state index in [0.29, 0.717) is 23.2 Å². The quantitative estimate of drug-likeness (QED) is 0.898. The Labute approximate surface area is 136 Å². The summed E-state index contributed by atoms with van der Waals surface area (Å²) in [6, 6.07) is 5.15. The van der Waals surface area contributed by atoms with Gasteiger partial charge in [0.2, 0.25) is 0 Å². The molecule has 1 aromatic carbocycles. The summed E-state index contributed by atoms with van der Waals surface area (Å²) in [5.41, 5.74) is 1.56. The minimum absolute atomic E-state index is 0.00505. The topological polar surface area (TPSA) is 55.8 Å². The summed E-state index contributed by atoms with van der Waals surface area (Å²) in [7, 11) is 3.83. The Morgan fingerprint density at radius 3 is 2.82 bits per heavy atom. The van der Waals surface area contributed by atoms with Gasteiger partial charge in [0.05, 0.1) is 23.4 Å². The van der Waals surface area contributed by atoms with Crippen LogP contribution in [0.5, 0.6) is 0 Å². The summed E-state index contributed by atoms with van der Waals surface area (Å²) in [5.74, 6) is 0.309. The molecule has 22 heavy (non-hydrogen) atoms. The maximum atomic E-state index is 12.5. The van der Waals surface area contributed by atoms with Crippen LogP contribution in [0.1, 0.15) is 19.8 Å². The molecule has 0 bridgehead atoms. The van der Waals surface area contributed by atoms with Gasteiger partial charge in [-0.15, -0.1) is 0 Å². The van der Waals surface area contributed by atoms with Crippen molar-refractivity contribution in [2.45, 2.75) is 25.8 Å². The first kappa shape index (κ1) is 16.9. The lowest BCUT2D eigenvalue weighted by molar-refractivity contribution is 0.0811. The van der Waals surface area contributed by atoms with E-state index in [1.54, 1.807) is 11.0 Å². The lowest BCUT2D eigenvalue weighted by Gasteiger charge is -2.38. The molecule has 2 unspecified atom stereocenters. The first-order chi connectivity index (χ1) is 10.4. The molecule has 2 N–H and O–H groups in total. The van der Waals surface area contributed by atoms with Gasteiger partial charge >= 0.3 is 6.03 Å². The number of piperidine rings is 1. The normalized spacial score (nSPS) is 21.6. The highest BCUT2D eigenvalue weighted by molar-refractivity contribution is 6.33. The molecule has 2 amide bonds. The van der Waals surface area contributed by atoms with Crippen LogP contribution in [0.25, 0.3) is 0 Å². The van der Waals surface area contributed by atoms with Crippen molar-refractivity contribution in [1.82, 2.24) is 4.90 Å². The summed E-state index contributed by atoms with van der Waals surface area (Å²) in [5, 5.41) is 13.0. The average Bonchev–Trinajstić information content (AvgIpc) is 2.46. The van der Waals surface area contributed by atoms with Crippen molar-refractivity contribution in [3.8, 4) is 0 Å². The summed E-state index contributed by atoms with van der Waals surface area (Å²) in [6.45, 7) is 2.74. The Kier molecular flexibility index (Phi) is 5.53. The second-order valence-corrected chi connectivity index (χ2v) is 6.46. The molecule has 2 atom stereocenters. The molecule has 2 rings (SSSR count). The average molecular weight is 326 g/mol. The van der Waals surface area contributed by atoms with Gasteiger partial charge in [-0.3, -0.25) is 0 Å². The molecule has 1 saturated heterocycles. The number of aliphatic hydroxyl groups is 1.